The quantitative estimate of drug-likeness (QED) is 0.419. The van der Waals surface area contributed by atoms with Crippen molar-refractivity contribution in [2.45, 2.75) is 39.7 Å². The molecule has 0 bridgehead atoms. The first-order chi connectivity index (χ1) is 17.0. The number of thiazole rings is 1. The van der Waals surface area contributed by atoms with Gasteiger partial charge >= 0.3 is 0 Å². The topological polar surface area (TPSA) is 119 Å². The minimum Gasteiger partial charge on any atom is -0.360 e. The molecular formula is C25H32N6O3S. The number of hydrogen-bond acceptors (Lipinski definition) is 7. The van der Waals surface area contributed by atoms with E-state index in [2.05, 4.69) is 20.9 Å². The highest BCUT2D eigenvalue weighted by Gasteiger charge is 2.15. The van der Waals surface area contributed by atoms with Gasteiger partial charge in [0.2, 0.25) is 0 Å². The summed E-state index contributed by atoms with van der Waals surface area (Å²) in [5.41, 5.74) is 0.807. The molecule has 186 valence electrons. The Morgan fingerprint density at radius 3 is 2.66 bits per heavy atom. The summed E-state index contributed by atoms with van der Waals surface area (Å²) in [6.45, 7) is 8.18. The summed E-state index contributed by atoms with van der Waals surface area (Å²) in [6, 6.07) is 8.96. The Labute approximate surface area is 208 Å². The van der Waals surface area contributed by atoms with E-state index >= 15 is 0 Å². The molecule has 35 heavy (non-hydrogen) atoms. The molecule has 0 saturated carbocycles. The van der Waals surface area contributed by atoms with Crippen LogP contribution < -0.4 is 30.7 Å². The third-order valence-electron chi connectivity index (χ3n) is 5.74. The fourth-order valence-electron chi connectivity index (χ4n) is 3.95. The molecule has 10 heteroatoms. The number of rotatable bonds is 10. The number of aromatic nitrogens is 1. The summed E-state index contributed by atoms with van der Waals surface area (Å²) in [7, 11) is 0. The number of likely N-dealkylation sites (tertiary alicyclic amines) is 1. The summed E-state index contributed by atoms with van der Waals surface area (Å²) < 4.78 is 2.09. The maximum atomic E-state index is 12.8. The van der Waals surface area contributed by atoms with E-state index in [1.165, 1.54) is 17.4 Å². The Balaban J connectivity index is 1.73. The Hall–Kier alpha value is -3.42. The van der Waals surface area contributed by atoms with Crippen LogP contribution in [0.3, 0.4) is 0 Å². The first-order valence-corrected chi connectivity index (χ1v) is 12.8. The van der Waals surface area contributed by atoms with Crippen molar-refractivity contribution in [3.05, 3.63) is 49.4 Å². The number of hydrogen-bond donors (Lipinski definition) is 3. The fourth-order valence-corrected chi connectivity index (χ4v) is 5.04. The van der Waals surface area contributed by atoms with Crippen molar-refractivity contribution in [2.24, 2.45) is 0 Å². The van der Waals surface area contributed by atoms with Crippen LogP contribution >= 0.6 is 11.3 Å². The van der Waals surface area contributed by atoms with Gasteiger partial charge in [0.1, 0.15) is 15.3 Å². The molecule has 0 spiro atoms. The molecule has 3 N–H and O–H groups in total. The molecule has 2 aromatic rings. The van der Waals surface area contributed by atoms with Crippen molar-refractivity contribution in [1.82, 2.24) is 20.1 Å². The van der Waals surface area contributed by atoms with Gasteiger partial charge in [0.25, 0.3) is 17.4 Å². The lowest BCUT2D eigenvalue weighted by Crippen LogP contribution is -2.34. The molecule has 1 aromatic heterocycles. The van der Waals surface area contributed by atoms with Crippen molar-refractivity contribution in [1.29, 1.82) is 5.26 Å². The third kappa shape index (κ3) is 6.81. The van der Waals surface area contributed by atoms with E-state index < -0.39 is 5.91 Å². The van der Waals surface area contributed by atoms with Crippen LogP contribution in [-0.4, -0.2) is 54.0 Å². The van der Waals surface area contributed by atoms with E-state index in [9.17, 15) is 19.6 Å². The monoisotopic (exact) mass is 496 g/mol. The Bertz CT molecular complexity index is 1270. The van der Waals surface area contributed by atoms with Gasteiger partial charge in [-0.15, -0.1) is 11.3 Å². The van der Waals surface area contributed by atoms with Gasteiger partial charge in [-0.05, 0) is 70.9 Å². The average Bonchev–Trinajstić information content (AvgIpc) is 3.49. The number of nitrogens with one attached hydrogen (secondary N) is 3. The van der Waals surface area contributed by atoms with Gasteiger partial charge in [0.15, 0.2) is 5.57 Å². The second kappa shape index (κ2) is 12.9. The molecule has 0 atom stereocenters. The number of nitriles is 1. The molecule has 2 heterocycles. The molecule has 2 amide bonds. The second-order valence-corrected chi connectivity index (χ2v) is 9.23. The number of nitrogens with zero attached hydrogens (tertiary/aromatic N) is 3. The third-order valence-corrected chi connectivity index (χ3v) is 6.87. The lowest BCUT2D eigenvalue weighted by Gasteiger charge is -2.14. The van der Waals surface area contributed by atoms with Crippen LogP contribution in [0.1, 0.15) is 43.5 Å². The van der Waals surface area contributed by atoms with Crippen LogP contribution in [0.5, 0.6) is 0 Å². The van der Waals surface area contributed by atoms with Gasteiger partial charge in [-0.2, -0.15) is 5.26 Å². The van der Waals surface area contributed by atoms with Crippen molar-refractivity contribution < 1.29 is 9.59 Å². The lowest BCUT2D eigenvalue weighted by molar-refractivity contribution is -0.115. The molecule has 1 fully saturated rings. The van der Waals surface area contributed by atoms with Crippen LogP contribution in [0.2, 0.25) is 0 Å². The Kier molecular flexibility index (Phi) is 9.64. The number of benzene rings is 1. The summed E-state index contributed by atoms with van der Waals surface area (Å²) >= 11 is 1.08. The SMILES string of the molecule is CCNC(=O)/C(C#N)=c1\s/c(=C/Nc2cccc(C(=O)NCCCN3CCCC3)c2)c(=O)n1CC. The van der Waals surface area contributed by atoms with E-state index in [4.69, 9.17) is 0 Å². The van der Waals surface area contributed by atoms with Gasteiger partial charge in [0.05, 0.1) is 0 Å². The number of amides is 2. The highest BCUT2D eigenvalue weighted by atomic mass is 32.1. The van der Waals surface area contributed by atoms with Gasteiger partial charge in [-0.3, -0.25) is 19.0 Å². The minimum absolute atomic E-state index is 0.0844. The molecule has 0 radical (unpaired) electrons. The molecule has 1 saturated heterocycles. The summed E-state index contributed by atoms with van der Waals surface area (Å²) in [6.07, 6.45) is 4.98. The predicted octanol–water partition coefficient (Wildman–Crippen LogP) is 0.806. The normalized spacial score (nSPS) is 14.9. The first-order valence-electron chi connectivity index (χ1n) is 12.0. The average molecular weight is 497 g/mol. The van der Waals surface area contributed by atoms with Crippen LogP contribution in [-0.2, 0) is 11.3 Å². The van der Waals surface area contributed by atoms with E-state index in [1.54, 1.807) is 44.3 Å². The second-order valence-electron chi connectivity index (χ2n) is 8.19. The van der Waals surface area contributed by atoms with E-state index in [1.807, 2.05) is 6.07 Å². The number of anilines is 1. The zero-order chi connectivity index (χ0) is 25.2. The highest BCUT2D eigenvalue weighted by Crippen LogP contribution is 2.11. The van der Waals surface area contributed by atoms with Crippen molar-refractivity contribution >= 4 is 40.6 Å². The minimum atomic E-state index is -0.503. The summed E-state index contributed by atoms with van der Waals surface area (Å²) in [4.78, 5) is 40.1. The van der Waals surface area contributed by atoms with Gasteiger partial charge in [-0.25, -0.2) is 0 Å². The van der Waals surface area contributed by atoms with E-state index in [0.29, 0.717) is 40.1 Å². The zero-order valence-electron chi connectivity index (χ0n) is 20.2. The Morgan fingerprint density at radius 1 is 1.20 bits per heavy atom. The van der Waals surface area contributed by atoms with Crippen LogP contribution in [0.15, 0.2) is 29.1 Å². The molecule has 1 aromatic carbocycles. The molecule has 3 rings (SSSR count). The van der Waals surface area contributed by atoms with Gasteiger partial charge < -0.3 is 20.9 Å². The molecule has 1 aliphatic rings. The molecule has 0 aliphatic carbocycles. The lowest BCUT2D eigenvalue weighted by atomic mass is 10.2. The molecule has 9 nitrogen and oxygen atoms in total. The first kappa shape index (κ1) is 26.2. The van der Waals surface area contributed by atoms with Crippen molar-refractivity contribution in [3.8, 4) is 6.07 Å². The highest BCUT2D eigenvalue weighted by molar-refractivity contribution is 7.07. The summed E-state index contributed by atoms with van der Waals surface area (Å²) in [5, 5.41) is 18.1. The maximum absolute atomic E-state index is 12.8. The predicted molar refractivity (Wildman–Crippen MR) is 138 cm³/mol. The van der Waals surface area contributed by atoms with Crippen LogP contribution in [0.25, 0.3) is 11.8 Å². The zero-order valence-corrected chi connectivity index (χ0v) is 21.0. The largest absolute Gasteiger partial charge is 0.360 e. The molecule has 0 unspecified atom stereocenters. The van der Waals surface area contributed by atoms with Crippen molar-refractivity contribution in [2.75, 3.05) is 38.0 Å². The van der Waals surface area contributed by atoms with Crippen LogP contribution in [0.4, 0.5) is 5.69 Å². The van der Waals surface area contributed by atoms with Crippen molar-refractivity contribution in [3.63, 3.8) is 0 Å². The van der Waals surface area contributed by atoms with E-state index in [0.717, 1.165) is 37.4 Å². The standard InChI is InChI=1S/C25H32N6O3S/c1-3-27-23(33)20(16-26)25-31(4-2)24(34)21(35-25)17-29-19-10-7-9-18(15-19)22(32)28-11-8-14-30-12-5-6-13-30/h7,9-10,15,17,29H,3-6,8,11-14H2,1-2H3,(H,27,33)(H,28,32)/b21-17+,25-20-. The Morgan fingerprint density at radius 2 is 1.97 bits per heavy atom. The molecular weight excluding hydrogens is 464 g/mol. The molecule has 1 aliphatic heterocycles. The number of carbonyl (C=O) groups is 2. The van der Waals surface area contributed by atoms with Crippen LogP contribution in [0, 0.1) is 11.3 Å². The maximum Gasteiger partial charge on any atom is 0.270 e. The number of carbonyl (C=O) groups excluding carboxylic acids is 2. The smallest absolute Gasteiger partial charge is 0.270 e. The van der Waals surface area contributed by atoms with Gasteiger partial charge in [-0.1, -0.05) is 6.07 Å². The fraction of sp³-hybridized carbons (Fsp3) is 0.440. The summed E-state index contributed by atoms with van der Waals surface area (Å²) in [5.74, 6) is -0.644. The van der Waals surface area contributed by atoms with E-state index in [-0.39, 0.29) is 17.0 Å². The van der Waals surface area contributed by atoms with Gasteiger partial charge in [0, 0.05) is 37.1 Å².